The van der Waals surface area contributed by atoms with Gasteiger partial charge >= 0.3 is 6.09 Å². The Kier molecular flexibility index (Phi) is 12.0. The van der Waals surface area contributed by atoms with Crippen LogP contribution < -0.4 is 10.2 Å². The van der Waals surface area contributed by atoms with E-state index in [1.165, 1.54) is 21.1 Å². The van der Waals surface area contributed by atoms with Crippen LogP contribution in [0.1, 0.15) is 87.2 Å². The highest BCUT2D eigenvalue weighted by atomic mass is 32.1. The number of nitrogens with zero attached hydrogens (tertiary/aromatic N) is 5. The van der Waals surface area contributed by atoms with Gasteiger partial charge in [-0.05, 0) is 88.4 Å². The van der Waals surface area contributed by atoms with E-state index >= 15 is 0 Å². The summed E-state index contributed by atoms with van der Waals surface area (Å²) in [6.45, 7) is 6.62. The maximum atomic E-state index is 14.2. The summed E-state index contributed by atoms with van der Waals surface area (Å²) in [6, 6.07) is 11.4. The number of hydrogen-bond acceptors (Lipinski definition) is 9. The Balaban J connectivity index is 1.06. The lowest BCUT2D eigenvalue weighted by molar-refractivity contribution is -0.137. The quantitative estimate of drug-likeness (QED) is 0.173. The predicted molar refractivity (Wildman–Crippen MR) is 207 cm³/mol. The van der Waals surface area contributed by atoms with Gasteiger partial charge in [-0.25, -0.2) is 9.78 Å². The van der Waals surface area contributed by atoms with Gasteiger partial charge < -0.3 is 19.4 Å². The highest BCUT2D eigenvalue weighted by Gasteiger charge is 2.41. The first-order chi connectivity index (χ1) is 26.3. The van der Waals surface area contributed by atoms with E-state index in [0.717, 1.165) is 16.1 Å². The summed E-state index contributed by atoms with van der Waals surface area (Å²) in [5, 5.41) is 5.08. The van der Waals surface area contributed by atoms with Gasteiger partial charge in [0.2, 0.25) is 23.6 Å². The summed E-state index contributed by atoms with van der Waals surface area (Å²) >= 11 is 1.52. The van der Waals surface area contributed by atoms with Crippen LogP contribution in [0.5, 0.6) is 0 Å². The number of anilines is 1. The minimum Gasteiger partial charge on any atom is -0.444 e. The molecule has 13 nitrogen and oxygen atoms in total. The number of nitrogens with one attached hydrogen (secondary N) is 1. The highest BCUT2D eigenvalue weighted by Crippen LogP contribution is 2.31. The van der Waals surface area contributed by atoms with Gasteiger partial charge in [0.1, 0.15) is 22.7 Å². The van der Waals surface area contributed by atoms with Crippen LogP contribution in [0, 0.1) is 11.8 Å². The summed E-state index contributed by atoms with van der Waals surface area (Å²) < 4.78 is 5.61. The highest BCUT2D eigenvalue weighted by molar-refractivity contribution is 7.13. The van der Waals surface area contributed by atoms with Crippen molar-refractivity contribution in [2.75, 3.05) is 31.6 Å². The molecule has 2 fully saturated rings. The smallest absolute Gasteiger partial charge is 0.410 e. The number of likely N-dealkylation sites (tertiary alicyclic amines) is 1. The molecule has 0 saturated carbocycles. The summed E-state index contributed by atoms with van der Waals surface area (Å²) in [4.78, 5) is 88.4. The lowest BCUT2D eigenvalue weighted by atomic mass is 10.0. The Bertz CT molecular complexity index is 2010. The van der Waals surface area contributed by atoms with Crippen molar-refractivity contribution in [3.8, 4) is 22.4 Å². The first kappa shape index (κ1) is 39.2. The zero-order chi connectivity index (χ0) is 39.3. The van der Waals surface area contributed by atoms with Gasteiger partial charge in [0, 0.05) is 86.4 Å². The average Bonchev–Trinajstić information content (AvgIpc) is 3.93. The molecule has 2 atom stereocenters. The van der Waals surface area contributed by atoms with Crippen molar-refractivity contribution in [2.24, 2.45) is 0 Å². The van der Waals surface area contributed by atoms with Crippen molar-refractivity contribution in [3.05, 3.63) is 70.7 Å². The lowest BCUT2D eigenvalue weighted by Gasteiger charge is -2.32. The van der Waals surface area contributed by atoms with Crippen molar-refractivity contribution in [1.29, 1.82) is 0 Å². The molecule has 55 heavy (non-hydrogen) atoms. The molecule has 0 spiro atoms. The average molecular weight is 767 g/mol. The van der Waals surface area contributed by atoms with Crippen LogP contribution >= 0.6 is 11.3 Å². The van der Waals surface area contributed by atoms with E-state index in [9.17, 15) is 28.8 Å². The van der Waals surface area contributed by atoms with Crippen molar-refractivity contribution in [3.63, 3.8) is 0 Å². The molecule has 0 aliphatic carbocycles. The molecular weight excluding hydrogens is 721 g/mol. The number of thiazole rings is 1. The molecule has 1 unspecified atom stereocenters. The number of imide groups is 1. The van der Waals surface area contributed by atoms with Gasteiger partial charge in [0.25, 0.3) is 5.91 Å². The van der Waals surface area contributed by atoms with Crippen LogP contribution in [-0.2, 0) is 30.5 Å². The molecule has 1 aromatic heterocycles. The minimum atomic E-state index is -0.704. The summed E-state index contributed by atoms with van der Waals surface area (Å²) in [6.07, 6.45) is 4.05. The molecule has 1 N–H and O–H groups in total. The van der Waals surface area contributed by atoms with E-state index in [1.807, 2.05) is 35.7 Å². The molecular formula is C41H46N6O7S. The number of ether oxygens (including phenoxy) is 1. The van der Waals surface area contributed by atoms with E-state index in [2.05, 4.69) is 22.1 Å². The number of benzene rings is 2. The molecule has 3 aromatic rings. The first-order valence-corrected chi connectivity index (χ1v) is 19.5. The number of aromatic nitrogens is 1. The number of hydrogen-bond donors (Lipinski definition) is 1. The zero-order valence-corrected chi connectivity index (χ0v) is 32.4. The maximum absolute atomic E-state index is 14.2. The van der Waals surface area contributed by atoms with Crippen LogP contribution in [0.3, 0.4) is 0 Å². The molecule has 2 aromatic carbocycles. The number of carbonyl (C=O) groups is 6. The lowest BCUT2D eigenvalue weighted by Crippen LogP contribution is -2.52. The molecule has 288 valence electrons. The van der Waals surface area contributed by atoms with Gasteiger partial charge in [-0.2, -0.15) is 0 Å². The van der Waals surface area contributed by atoms with Crippen LogP contribution in [0.15, 0.2) is 54.0 Å². The first-order valence-electron chi connectivity index (χ1n) is 18.6. The Morgan fingerprint density at radius 3 is 2.55 bits per heavy atom. The van der Waals surface area contributed by atoms with E-state index in [0.29, 0.717) is 62.0 Å². The van der Waals surface area contributed by atoms with Crippen LogP contribution in [0.25, 0.3) is 10.6 Å². The monoisotopic (exact) mass is 766 g/mol. The third-order valence-electron chi connectivity index (χ3n) is 9.87. The van der Waals surface area contributed by atoms with Crippen molar-refractivity contribution < 1.29 is 33.5 Å². The Labute approximate surface area is 325 Å². The second kappa shape index (κ2) is 16.9. The van der Waals surface area contributed by atoms with Crippen molar-refractivity contribution in [2.45, 2.75) is 89.9 Å². The predicted octanol–water partition coefficient (Wildman–Crippen LogP) is 4.98. The van der Waals surface area contributed by atoms with Gasteiger partial charge in [-0.15, -0.1) is 11.3 Å². The zero-order valence-electron chi connectivity index (χ0n) is 31.6. The maximum Gasteiger partial charge on any atom is 0.410 e. The third kappa shape index (κ3) is 9.23. The fraction of sp³-hybridized carbons (Fsp3) is 0.439. The summed E-state index contributed by atoms with van der Waals surface area (Å²) in [5.41, 5.74) is 2.82. The van der Waals surface area contributed by atoms with Crippen LogP contribution in [0.2, 0.25) is 0 Å². The van der Waals surface area contributed by atoms with E-state index in [1.54, 1.807) is 55.9 Å². The molecule has 6 rings (SSSR count). The number of fused-ring (bicyclic) bond motifs is 1. The molecule has 3 aliphatic rings. The Morgan fingerprint density at radius 2 is 1.84 bits per heavy atom. The summed E-state index contributed by atoms with van der Waals surface area (Å²) in [7, 11) is 1.73. The topological polar surface area (TPSA) is 150 Å². The van der Waals surface area contributed by atoms with Crippen LogP contribution in [0.4, 0.5) is 10.5 Å². The molecule has 3 aliphatic heterocycles. The van der Waals surface area contributed by atoms with Gasteiger partial charge in [-0.1, -0.05) is 17.9 Å². The number of piperidine rings is 1. The third-order valence-corrected chi connectivity index (χ3v) is 10.7. The minimum absolute atomic E-state index is 0.0785. The number of amides is 6. The molecule has 2 saturated heterocycles. The Morgan fingerprint density at radius 1 is 1.05 bits per heavy atom. The Hall–Kier alpha value is -5.55. The van der Waals surface area contributed by atoms with Gasteiger partial charge in [-0.3, -0.25) is 34.2 Å². The molecule has 6 amide bonds. The van der Waals surface area contributed by atoms with Gasteiger partial charge in [0.05, 0.1) is 0 Å². The summed E-state index contributed by atoms with van der Waals surface area (Å²) in [5.74, 6) is 4.92. The number of carbonyl (C=O) groups excluding carboxylic acids is 6. The van der Waals surface area contributed by atoms with Crippen molar-refractivity contribution in [1.82, 2.24) is 25.0 Å². The van der Waals surface area contributed by atoms with E-state index in [-0.39, 0.29) is 49.6 Å². The van der Waals surface area contributed by atoms with Crippen LogP contribution in [-0.4, -0.2) is 99.7 Å². The number of rotatable bonds is 10. The molecule has 14 heteroatoms. The molecule has 0 bridgehead atoms. The normalized spacial score (nSPS) is 18.0. The van der Waals surface area contributed by atoms with E-state index < -0.39 is 29.7 Å². The van der Waals surface area contributed by atoms with Gasteiger partial charge in [0.15, 0.2) is 0 Å². The van der Waals surface area contributed by atoms with E-state index in [4.69, 9.17) is 4.74 Å². The standard InChI is InChI=1S/C41H46N6O7S/c1-41(2,3)54-40(53)46-23-9-13-33(46)39(52)45(29-16-14-28(15-17-29)37-42-21-25-55-37)24-20-35(49)44(4)22-7-5-6-10-27-11-8-12-30-31(27)26-47(38(30)51)32-18-19-34(48)43-36(32)50/h8,11-12,14-17,21,25,32-33H,5,7,9,13,18-20,22-24,26H2,1-4H3,(H,43,48,50)/t32?,33-/m0/s1. The molecule has 0 radical (unpaired) electrons. The SMILES string of the molecule is CN(CCCC#Cc1cccc2c1CN(C1CCC(=O)NC1=O)C2=O)C(=O)CCN(C(=O)[C@@H]1CCCN1C(=O)OC(C)(C)C)c1ccc(-c2nccs2)cc1. The fourth-order valence-corrected chi connectivity index (χ4v) is 7.69. The molecule has 4 heterocycles. The fourth-order valence-electron chi connectivity index (χ4n) is 7.05. The largest absolute Gasteiger partial charge is 0.444 e. The van der Waals surface area contributed by atoms with Crippen molar-refractivity contribution >= 4 is 52.7 Å². The second-order valence-electron chi connectivity index (χ2n) is 14.9. The second-order valence-corrected chi connectivity index (χ2v) is 15.8. The number of unbranched alkanes of at least 4 members (excludes halogenated alkanes) is 1.